The molecule has 0 fully saturated rings. The summed E-state index contributed by atoms with van der Waals surface area (Å²) in [7, 11) is 1.96. The Morgan fingerprint density at radius 2 is 2.11 bits per heavy atom. The van der Waals surface area contributed by atoms with Crippen LogP contribution in [0.3, 0.4) is 0 Å². The summed E-state index contributed by atoms with van der Waals surface area (Å²) < 4.78 is 42.1. The molecule has 0 saturated carbocycles. The number of aryl methyl sites for hydroxylation is 2. The van der Waals surface area contributed by atoms with Gasteiger partial charge in [-0.3, -0.25) is 0 Å². The Hall–Kier alpha value is -2.06. The summed E-state index contributed by atoms with van der Waals surface area (Å²) in [4.78, 5) is 8.32. The number of alkyl halides is 3. The molecule has 0 unspecified atom stereocenters. The van der Waals surface area contributed by atoms with Crippen molar-refractivity contribution < 1.29 is 13.2 Å². The first-order valence-electron chi connectivity index (χ1n) is 8.76. The van der Waals surface area contributed by atoms with E-state index in [-0.39, 0.29) is 5.92 Å². The Morgan fingerprint density at radius 3 is 2.89 bits per heavy atom. The SMILES string of the molecule is Cn1c(CNC[C@H]2CCc3nc(C(F)(F)F)cn3C2)nc2cc(Cl)ccc21. The third-order valence-corrected chi connectivity index (χ3v) is 5.27. The Kier molecular flexibility index (Phi) is 4.63. The van der Waals surface area contributed by atoms with Crippen LogP contribution in [0.25, 0.3) is 11.0 Å². The Labute approximate surface area is 159 Å². The summed E-state index contributed by atoms with van der Waals surface area (Å²) in [5.41, 5.74) is 1.06. The lowest BCUT2D eigenvalue weighted by Gasteiger charge is -2.23. The molecule has 9 heteroatoms. The molecule has 3 heterocycles. The second-order valence-corrected chi connectivity index (χ2v) is 7.38. The van der Waals surface area contributed by atoms with Crippen molar-refractivity contribution in [2.45, 2.75) is 32.1 Å². The number of fused-ring (bicyclic) bond motifs is 2. The number of aromatic nitrogens is 4. The quantitative estimate of drug-likeness (QED) is 0.728. The van der Waals surface area contributed by atoms with Crippen molar-refractivity contribution in [2.75, 3.05) is 6.54 Å². The topological polar surface area (TPSA) is 47.7 Å². The number of hydrogen-bond donors (Lipinski definition) is 1. The molecule has 4 rings (SSSR count). The van der Waals surface area contributed by atoms with Gasteiger partial charge in [0.05, 0.1) is 17.6 Å². The maximum Gasteiger partial charge on any atom is 0.434 e. The van der Waals surface area contributed by atoms with Gasteiger partial charge in [-0.2, -0.15) is 13.2 Å². The first-order valence-corrected chi connectivity index (χ1v) is 9.14. The van der Waals surface area contributed by atoms with Crippen LogP contribution in [-0.4, -0.2) is 25.6 Å². The standard InChI is InChI=1S/C18H19ClF3N5/c1-26-14-4-3-12(19)6-13(14)24-17(26)8-23-7-11-2-5-16-25-15(18(20,21)22)10-27(16)9-11/h3-4,6,10-11,23H,2,5,7-9H2,1H3/t11-/m1/s1. The summed E-state index contributed by atoms with van der Waals surface area (Å²) >= 11 is 6.01. The number of benzene rings is 1. The minimum atomic E-state index is -4.39. The third-order valence-electron chi connectivity index (χ3n) is 5.03. The smallest absolute Gasteiger partial charge is 0.334 e. The molecule has 1 aliphatic rings. The summed E-state index contributed by atoms with van der Waals surface area (Å²) in [5, 5.41) is 4.03. The van der Waals surface area contributed by atoms with Gasteiger partial charge in [-0.15, -0.1) is 0 Å². The van der Waals surface area contributed by atoms with Crippen LogP contribution >= 0.6 is 11.6 Å². The Bertz CT molecular complexity index is 975. The van der Waals surface area contributed by atoms with Gasteiger partial charge >= 0.3 is 6.18 Å². The van der Waals surface area contributed by atoms with E-state index < -0.39 is 11.9 Å². The predicted molar refractivity (Wildman–Crippen MR) is 96.5 cm³/mol. The highest BCUT2D eigenvalue weighted by atomic mass is 35.5. The predicted octanol–water partition coefficient (Wildman–Crippen LogP) is 3.79. The number of nitrogens with zero attached hydrogens (tertiary/aromatic N) is 4. The van der Waals surface area contributed by atoms with E-state index in [0.29, 0.717) is 36.9 Å². The fourth-order valence-electron chi connectivity index (χ4n) is 3.59. The normalized spacial score (nSPS) is 17.4. The van der Waals surface area contributed by atoms with E-state index in [0.717, 1.165) is 29.5 Å². The monoisotopic (exact) mass is 397 g/mol. The van der Waals surface area contributed by atoms with E-state index in [1.807, 2.05) is 29.8 Å². The minimum Gasteiger partial charge on any atom is -0.334 e. The lowest BCUT2D eigenvalue weighted by Crippen LogP contribution is -2.30. The minimum absolute atomic E-state index is 0.261. The van der Waals surface area contributed by atoms with Gasteiger partial charge in [0, 0.05) is 37.8 Å². The largest absolute Gasteiger partial charge is 0.434 e. The summed E-state index contributed by atoms with van der Waals surface area (Å²) in [6.45, 7) is 1.84. The van der Waals surface area contributed by atoms with Crippen LogP contribution in [0.15, 0.2) is 24.4 Å². The van der Waals surface area contributed by atoms with Crippen LogP contribution in [0.4, 0.5) is 13.2 Å². The molecule has 1 aromatic carbocycles. The molecule has 0 saturated heterocycles. The highest BCUT2D eigenvalue weighted by molar-refractivity contribution is 6.31. The molecule has 1 atom stereocenters. The van der Waals surface area contributed by atoms with E-state index in [1.54, 1.807) is 4.57 Å². The van der Waals surface area contributed by atoms with Crippen LogP contribution in [0.2, 0.25) is 5.02 Å². The molecule has 0 spiro atoms. The molecule has 0 bridgehead atoms. The molecule has 27 heavy (non-hydrogen) atoms. The van der Waals surface area contributed by atoms with Crippen LogP contribution in [0.5, 0.6) is 0 Å². The van der Waals surface area contributed by atoms with Gasteiger partial charge in [0.25, 0.3) is 0 Å². The number of imidazole rings is 2. The molecule has 144 valence electrons. The highest BCUT2D eigenvalue weighted by Crippen LogP contribution is 2.30. The Balaban J connectivity index is 1.38. The van der Waals surface area contributed by atoms with Crippen LogP contribution in [-0.2, 0) is 32.7 Å². The lowest BCUT2D eigenvalue weighted by atomic mass is 9.99. The maximum atomic E-state index is 12.8. The molecule has 2 aromatic heterocycles. The average Bonchev–Trinajstić information content (AvgIpc) is 3.16. The first-order chi connectivity index (χ1) is 12.8. The molecule has 1 aliphatic heterocycles. The number of hydrogen-bond acceptors (Lipinski definition) is 3. The maximum absolute atomic E-state index is 12.8. The third kappa shape index (κ3) is 3.68. The van der Waals surface area contributed by atoms with E-state index >= 15 is 0 Å². The van der Waals surface area contributed by atoms with Gasteiger partial charge in [-0.05, 0) is 30.5 Å². The molecular formula is C18H19ClF3N5. The lowest BCUT2D eigenvalue weighted by molar-refractivity contribution is -0.141. The Morgan fingerprint density at radius 1 is 1.30 bits per heavy atom. The molecule has 5 nitrogen and oxygen atoms in total. The second-order valence-electron chi connectivity index (χ2n) is 6.95. The first kappa shape index (κ1) is 18.3. The van der Waals surface area contributed by atoms with Crippen LogP contribution in [0.1, 0.15) is 23.8 Å². The molecule has 0 aliphatic carbocycles. The zero-order valence-corrected chi connectivity index (χ0v) is 15.5. The van der Waals surface area contributed by atoms with Gasteiger partial charge in [-0.1, -0.05) is 11.6 Å². The van der Waals surface area contributed by atoms with Crippen molar-refractivity contribution in [2.24, 2.45) is 13.0 Å². The van der Waals surface area contributed by atoms with Crippen molar-refractivity contribution in [1.29, 1.82) is 0 Å². The van der Waals surface area contributed by atoms with Crippen molar-refractivity contribution in [3.05, 3.63) is 46.8 Å². The van der Waals surface area contributed by atoms with Gasteiger partial charge in [-0.25, -0.2) is 9.97 Å². The number of halogens is 4. The van der Waals surface area contributed by atoms with E-state index in [9.17, 15) is 13.2 Å². The van der Waals surface area contributed by atoms with E-state index in [4.69, 9.17) is 11.6 Å². The van der Waals surface area contributed by atoms with Gasteiger partial charge in [0.15, 0.2) is 5.69 Å². The molecule has 3 aromatic rings. The zero-order chi connectivity index (χ0) is 19.2. The average molecular weight is 398 g/mol. The summed E-state index contributed by atoms with van der Waals surface area (Å²) in [6.07, 6.45) is -1.88. The van der Waals surface area contributed by atoms with E-state index in [1.165, 1.54) is 0 Å². The van der Waals surface area contributed by atoms with Crippen LogP contribution < -0.4 is 5.32 Å². The fourth-order valence-corrected chi connectivity index (χ4v) is 3.75. The highest BCUT2D eigenvalue weighted by Gasteiger charge is 2.35. The van der Waals surface area contributed by atoms with Gasteiger partial charge < -0.3 is 14.5 Å². The molecule has 1 N–H and O–H groups in total. The summed E-state index contributed by atoms with van der Waals surface area (Å²) in [5.74, 6) is 1.67. The number of rotatable bonds is 4. The van der Waals surface area contributed by atoms with E-state index in [2.05, 4.69) is 15.3 Å². The summed E-state index contributed by atoms with van der Waals surface area (Å²) in [6, 6.07) is 5.61. The van der Waals surface area contributed by atoms with Gasteiger partial charge in [0.2, 0.25) is 0 Å². The fraction of sp³-hybridized carbons (Fsp3) is 0.444. The van der Waals surface area contributed by atoms with Crippen molar-refractivity contribution >= 4 is 22.6 Å². The van der Waals surface area contributed by atoms with Crippen molar-refractivity contribution in [3.8, 4) is 0 Å². The zero-order valence-electron chi connectivity index (χ0n) is 14.7. The van der Waals surface area contributed by atoms with Crippen molar-refractivity contribution in [1.82, 2.24) is 24.4 Å². The second kappa shape index (κ2) is 6.83. The molecule has 0 radical (unpaired) electrons. The van der Waals surface area contributed by atoms with Crippen molar-refractivity contribution in [3.63, 3.8) is 0 Å². The molecular weight excluding hydrogens is 379 g/mol. The van der Waals surface area contributed by atoms with Crippen LogP contribution in [0, 0.1) is 5.92 Å². The van der Waals surface area contributed by atoms with Gasteiger partial charge in [0.1, 0.15) is 11.6 Å². The number of nitrogens with one attached hydrogen (secondary N) is 1. The molecule has 0 amide bonds.